The van der Waals surface area contributed by atoms with Gasteiger partial charge in [-0.05, 0) is 76.3 Å². The zero-order valence-corrected chi connectivity index (χ0v) is 22.5. The van der Waals surface area contributed by atoms with E-state index in [2.05, 4.69) is 149 Å². The predicted molar refractivity (Wildman–Crippen MR) is 173 cm³/mol. The highest BCUT2D eigenvalue weighted by atomic mass is 32.1. The van der Waals surface area contributed by atoms with Crippen LogP contribution >= 0.6 is 11.3 Å². The van der Waals surface area contributed by atoms with Crippen LogP contribution in [-0.2, 0) is 0 Å². The van der Waals surface area contributed by atoms with Gasteiger partial charge in [0.2, 0.25) is 0 Å². The maximum atomic E-state index is 2.51. The summed E-state index contributed by atoms with van der Waals surface area (Å²) in [6.07, 6.45) is 0. The molecule has 1 aromatic heterocycles. The van der Waals surface area contributed by atoms with E-state index in [1.54, 1.807) is 0 Å². The normalized spacial score (nSPS) is 13.3. The number of rotatable bonds is 2. The summed E-state index contributed by atoms with van der Waals surface area (Å²) in [6.45, 7) is 0.165. The molecule has 0 unspecified atom stereocenters. The van der Waals surface area contributed by atoms with Crippen molar-refractivity contribution < 1.29 is 0 Å². The molecular weight excluding hydrogens is 503 g/mol. The van der Waals surface area contributed by atoms with Gasteiger partial charge in [-0.1, -0.05) is 84.9 Å². The molecule has 6 aromatic carbocycles. The van der Waals surface area contributed by atoms with Gasteiger partial charge < -0.3 is 9.80 Å². The van der Waals surface area contributed by atoms with Crippen LogP contribution in [0.15, 0.2) is 140 Å². The molecule has 186 valence electrons. The molecule has 0 bridgehead atoms. The van der Waals surface area contributed by atoms with Gasteiger partial charge in [0.05, 0.1) is 5.69 Å². The van der Waals surface area contributed by atoms with Gasteiger partial charge in [-0.3, -0.25) is 0 Å². The Morgan fingerprint density at radius 1 is 0.500 bits per heavy atom. The number of para-hydroxylation sites is 3. The summed E-state index contributed by atoms with van der Waals surface area (Å²) in [5, 5.41) is 3.89. The first-order valence-corrected chi connectivity index (χ1v) is 14.6. The van der Waals surface area contributed by atoms with Crippen LogP contribution in [0.25, 0.3) is 20.9 Å². The molecule has 2 aliphatic heterocycles. The maximum Gasteiger partial charge on any atom is 0.264 e. The summed E-state index contributed by atoms with van der Waals surface area (Å²) >= 11 is 1.95. The number of anilines is 6. The topological polar surface area (TPSA) is 6.48 Å². The summed E-state index contributed by atoms with van der Waals surface area (Å²) in [4.78, 5) is 4.95. The van der Waals surface area contributed by atoms with Crippen molar-refractivity contribution in [2.45, 2.75) is 0 Å². The van der Waals surface area contributed by atoms with E-state index in [1.165, 1.54) is 70.7 Å². The molecule has 0 spiro atoms. The highest BCUT2D eigenvalue weighted by molar-refractivity contribution is 7.33. The fourth-order valence-corrected chi connectivity index (χ4v) is 8.10. The Hall–Kier alpha value is -4.80. The first kappa shape index (κ1) is 22.1. The Morgan fingerprint density at radius 2 is 1.07 bits per heavy atom. The van der Waals surface area contributed by atoms with Crippen LogP contribution in [0.1, 0.15) is 0 Å². The lowest BCUT2D eigenvalue weighted by molar-refractivity contribution is 1.26. The minimum atomic E-state index is 0.165. The van der Waals surface area contributed by atoms with Gasteiger partial charge in [-0.15, -0.1) is 11.3 Å². The van der Waals surface area contributed by atoms with Crippen molar-refractivity contribution in [1.82, 2.24) is 0 Å². The highest BCUT2D eigenvalue weighted by Gasteiger charge is 2.44. The molecule has 0 atom stereocenters. The molecule has 0 N–H and O–H groups in total. The lowest BCUT2D eigenvalue weighted by atomic mass is 9.36. The van der Waals surface area contributed by atoms with Crippen molar-refractivity contribution in [3.63, 3.8) is 0 Å². The van der Waals surface area contributed by atoms with Gasteiger partial charge in [0.15, 0.2) is 0 Å². The average Bonchev–Trinajstić information content (AvgIpc) is 3.38. The Labute approximate surface area is 237 Å². The molecule has 0 amide bonds. The largest absolute Gasteiger partial charge is 0.311 e. The summed E-state index contributed by atoms with van der Waals surface area (Å²) < 4.78 is 2.75. The van der Waals surface area contributed by atoms with E-state index in [-0.39, 0.29) is 6.71 Å². The van der Waals surface area contributed by atoms with E-state index in [0.717, 1.165) is 0 Å². The fourth-order valence-electron chi connectivity index (χ4n) is 6.76. The number of nitrogens with zero attached hydrogens (tertiary/aromatic N) is 2. The summed E-state index contributed by atoms with van der Waals surface area (Å²) in [5.74, 6) is 0. The molecule has 3 heterocycles. The Bertz CT molecular complexity index is 2080. The van der Waals surface area contributed by atoms with E-state index < -0.39 is 0 Å². The Kier molecular flexibility index (Phi) is 4.61. The maximum absolute atomic E-state index is 2.51. The summed E-state index contributed by atoms with van der Waals surface area (Å²) in [7, 11) is 0. The van der Waals surface area contributed by atoms with Gasteiger partial charge in [0.1, 0.15) is 0 Å². The second-order valence-electron chi connectivity index (χ2n) is 10.6. The van der Waals surface area contributed by atoms with Crippen LogP contribution in [0.2, 0.25) is 0 Å². The number of hydrogen-bond donors (Lipinski definition) is 0. The van der Waals surface area contributed by atoms with Gasteiger partial charge in [-0.25, -0.2) is 0 Å². The molecular formula is C36H23BN2S. The van der Waals surface area contributed by atoms with Crippen LogP contribution in [0, 0.1) is 0 Å². The van der Waals surface area contributed by atoms with Crippen LogP contribution in [0.4, 0.5) is 34.1 Å². The smallest absolute Gasteiger partial charge is 0.264 e. The third-order valence-electron chi connectivity index (χ3n) is 8.39. The van der Waals surface area contributed by atoms with Crippen molar-refractivity contribution in [3.05, 3.63) is 140 Å². The number of benzene rings is 6. The van der Waals surface area contributed by atoms with E-state index in [0.29, 0.717) is 0 Å². The number of hydrogen-bond acceptors (Lipinski definition) is 3. The van der Waals surface area contributed by atoms with Crippen LogP contribution in [0.5, 0.6) is 0 Å². The third kappa shape index (κ3) is 3.00. The molecule has 0 saturated carbocycles. The molecule has 4 heteroatoms. The quantitative estimate of drug-likeness (QED) is 0.210. The summed E-state index contributed by atoms with van der Waals surface area (Å²) in [6, 6.07) is 50.9. The lowest BCUT2D eigenvalue weighted by Gasteiger charge is -2.43. The minimum Gasteiger partial charge on any atom is -0.311 e. The van der Waals surface area contributed by atoms with Crippen LogP contribution in [0.3, 0.4) is 0 Å². The predicted octanol–water partition coefficient (Wildman–Crippen LogP) is 8.14. The second kappa shape index (κ2) is 8.35. The molecule has 0 aliphatic carbocycles. The average molecular weight is 526 g/mol. The number of fused-ring (bicyclic) bond motifs is 7. The zero-order chi connectivity index (χ0) is 26.2. The minimum absolute atomic E-state index is 0.165. The SMILES string of the molecule is c1ccc(N2c3ccccc3B3c4sc5cc6ccccc6cc5c4N(c4ccccc4)c4cccc2c43)cc1. The van der Waals surface area contributed by atoms with Gasteiger partial charge >= 0.3 is 0 Å². The molecule has 0 fully saturated rings. The second-order valence-corrected chi connectivity index (χ2v) is 11.6. The third-order valence-corrected chi connectivity index (χ3v) is 9.60. The first-order valence-electron chi connectivity index (χ1n) is 13.7. The molecule has 2 aliphatic rings. The molecule has 7 aromatic rings. The monoisotopic (exact) mass is 526 g/mol. The van der Waals surface area contributed by atoms with Gasteiger partial charge in [0.25, 0.3) is 6.71 Å². The zero-order valence-electron chi connectivity index (χ0n) is 21.7. The summed E-state index contributed by atoms with van der Waals surface area (Å²) in [5.41, 5.74) is 10.2. The Balaban J connectivity index is 1.42. The van der Waals surface area contributed by atoms with Crippen molar-refractivity contribution in [1.29, 1.82) is 0 Å². The Morgan fingerprint density at radius 3 is 1.82 bits per heavy atom. The highest BCUT2D eigenvalue weighted by Crippen LogP contribution is 2.47. The number of thiophene rings is 1. The van der Waals surface area contributed by atoms with Crippen molar-refractivity contribution in [2.75, 3.05) is 9.80 Å². The van der Waals surface area contributed by atoms with Crippen molar-refractivity contribution in [2.24, 2.45) is 0 Å². The molecule has 0 saturated heterocycles. The fraction of sp³-hybridized carbons (Fsp3) is 0. The van der Waals surface area contributed by atoms with Crippen LogP contribution < -0.4 is 25.5 Å². The molecule has 0 radical (unpaired) electrons. The van der Waals surface area contributed by atoms with E-state index in [4.69, 9.17) is 0 Å². The van der Waals surface area contributed by atoms with E-state index in [1.807, 2.05) is 11.3 Å². The lowest BCUT2D eigenvalue weighted by Crippen LogP contribution is -2.60. The van der Waals surface area contributed by atoms with Gasteiger partial charge in [0, 0.05) is 43.3 Å². The first-order chi connectivity index (χ1) is 19.9. The van der Waals surface area contributed by atoms with E-state index >= 15 is 0 Å². The van der Waals surface area contributed by atoms with Crippen LogP contribution in [-0.4, -0.2) is 6.71 Å². The van der Waals surface area contributed by atoms with E-state index in [9.17, 15) is 0 Å². The molecule has 40 heavy (non-hydrogen) atoms. The van der Waals surface area contributed by atoms with Gasteiger partial charge in [-0.2, -0.15) is 0 Å². The molecule has 2 nitrogen and oxygen atoms in total. The standard InChI is InChI=1S/C36H23BN2S/c1-3-14-26(15-4-1)38-30-19-10-9-18-29(30)37-34-31(38)20-11-21-32(34)39(27-16-5-2-6-17-27)35-28-22-24-12-7-8-13-25(24)23-33(28)40-36(35)37/h1-23H. The van der Waals surface area contributed by atoms with Crippen molar-refractivity contribution >= 4 is 88.7 Å². The molecule has 9 rings (SSSR count). The van der Waals surface area contributed by atoms with Crippen molar-refractivity contribution in [3.8, 4) is 0 Å².